The van der Waals surface area contributed by atoms with E-state index in [-0.39, 0.29) is 28.8 Å². The highest BCUT2D eigenvalue weighted by Gasteiger charge is 2.27. The summed E-state index contributed by atoms with van der Waals surface area (Å²) in [7, 11) is -3.80. The number of halogens is 2. The molecule has 1 aliphatic rings. The first-order valence-electron chi connectivity index (χ1n) is 5.12. The number of carbonyl (C=O) groups is 1. The van der Waals surface area contributed by atoms with Gasteiger partial charge in [-0.15, -0.1) is 0 Å². The average Bonchev–Trinajstić information content (AvgIpc) is 2.67. The fourth-order valence-corrected chi connectivity index (χ4v) is 3.13. The van der Waals surface area contributed by atoms with Gasteiger partial charge in [0.2, 0.25) is 15.9 Å². The van der Waals surface area contributed by atoms with Gasteiger partial charge in [0.05, 0.1) is 9.92 Å². The van der Waals surface area contributed by atoms with Crippen LogP contribution < -0.4 is 10.0 Å². The first-order valence-corrected chi connectivity index (χ1v) is 6.99. The molecule has 1 amide bonds. The first-order chi connectivity index (χ1) is 8.38. The second-order valence-electron chi connectivity index (χ2n) is 3.90. The largest absolute Gasteiger partial charge is 0.354 e. The van der Waals surface area contributed by atoms with Crippen molar-refractivity contribution >= 4 is 27.5 Å². The Kier molecular flexibility index (Phi) is 3.56. The summed E-state index contributed by atoms with van der Waals surface area (Å²) in [6.45, 7) is 0.243. The molecule has 0 radical (unpaired) electrons. The molecule has 0 aliphatic carbocycles. The van der Waals surface area contributed by atoms with Crippen LogP contribution in [0.2, 0.25) is 5.02 Å². The van der Waals surface area contributed by atoms with Crippen molar-refractivity contribution in [1.29, 1.82) is 0 Å². The van der Waals surface area contributed by atoms with Gasteiger partial charge in [0.25, 0.3) is 0 Å². The lowest BCUT2D eigenvalue weighted by molar-refractivity contribution is -0.119. The smallest absolute Gasteiger partial charge is 0.240 e. The van der Waals surface area contributed by atoms with Crippen molar-refractivity contribution in [1.82, 2.24) is 10.0 Å². The maximum absolute atomic E-state index is 12.9. The molecule has 1 saturated heterocycles. The van der Waals surface area contributed by atoms with Crippen LogP contribution in [0.25, 0.3) is 0 Å². The van der Waals surface area contributed by atoms with Crippen LogP contribution in [0.4, 0.5) is 4.39 Å². The van der Waals surface area contributed by atoms with Crippen LogP contribution in [0.1, 0.15) is 6.42 Å². The molecule has 1 aromatic carbocycles. The van der Waals surface area contributed by atoms with Crippen molar-refractivity contribution in [2.24, 2.45) is 0 Å². The summed E-state index contributed by atoms with van der Waals surface area (Å²) in [5, 5.41) is 2.25. The van der Waals surface area contributed by atoms with Gasteiger partial charge < -0.3 is 5.32 Å². The molecule has 1 atom stereocenters. The minimum Gasteiger partial charge on any atom is -0.354 e. The molecule has 2 N–H and O–H groups in total. The Morgan fingerprint density at radius 2 is 2.17 bits per heavy atom. The van der Waals surface area contributed by atoms with E-state index >= 15 is 0 Å². The highest BCUT2D eigenvalue weighted by atomic mass is 35.5. The second kappa shape index (κ2) is 4.83. The van der Waals surface area contributed by atoms with E-state index in [9.17, 15) is 17.6 Å². The summed E-state index contributed by atoms with van der Waals surface area (Å²) >= 11 is 5.53. The predicted octanol–water partition coefficient (Wildman–Crippen LogP) is 0.646. The zero-order chi connectivity index (χ0) is 13.3. The van der Waals surface area contributed by atoms with E-state index in [2.05, 4.69) is 10.0 Å². The van der Waals surface area contributed by atoms with Crippen molar-refractivity contribution in [3.8, 4) is 0 Å². The van der Waals surface area contributed by atoms with Gasteiger partial charge in [-0.25, -0.2) is 17.5 Å². The molecular weight excluding hydrogens is 283 g/mol. The van der Waals surface area contributed by atoms with E-state index in [0.717, 1.165) is 18.2 Å². The van der Waals surface area contributed by atoms with Gasteiger partial charge in [0, 0.05) is 19.0 Å². The predicted molar refractivity (Wildman–Crippen MR) is 63.1 cm³/mol. The zero-order valence-electron chi connectivity index (χ0n) is 9.11. The molecule has 1 aromatic rings. The monoisotopic (exact) mass is 292 g/mol. The van der Waals surface area contributed by atoms with Crippen LogP contribution in [-0.4, -0.2) is 26.9 Å². The van der Waals surface area contributed by atoms with E-state index in [4.69, 9.17) is 11.6 Å². The molecule has 5 nitrogen and oxygen atoms in total. The average molecular weight is 293 g/mol. The summed E-state index contributed by atoms with van der Waals surface area (Å²) in [4.78, 5) is 10.8. The number of sulfonamides is 1. The second-order valence-corrected chi connectivity index (χ2v) is 6.02. The van der Waals surface area contributed by atoms with Gasteiger partial charge in [0.1, 0.15) is 5.82 Å². The normalized spacial score (nSPS) is 19.9. The quantitative estimate of drug-likeness (QED) is 0.859. The van der Waals surface area contributed by atoms with Crippen LogP contribution in [0, 0.1) is 5.82 Å². The number of hydrogen-bond donors (Lipinski definition) is 2. The summed E-state index contributed by atoms with van der Waals surface area (Å²) in [6.07, 6.45) is 0.0914. The standard InChI is InChI=1S/C10H10ClFN2O3S/c11-8-4-7(1-2-9(8)12)18(16,17)14-6-3-10(15)13-5-6/h1-2,4,6,14H,3,5H2,(H,13,15). The molecule has 1 fully saturated rings. The van der Waals surface area contributed by atoms with Gasteiger partial charge >= 0.3 is 0 Å². The summed E-state index contributed by atoms with van der Waals surface area (Å²) < 4.78 is 39.2. The lowest BCUT2D eigenvalue weighted by Crippen LogP contribution is -2.36. The Labute approximate surface area is 108 Å². The van der Waals surface area contributed by atoms with Gasteiger partial charge in [-0.1, -0.05) is 11.6 Å². The maximum atomic E-state index is 12.9. The van der Waals surface area contributed by atoms with Crippen LogP contribution >= 0.6 is 11.6 Å². The Bertz CT molecular complexity index is 591. The molecule has 0 saturated carbocycles. The highest BCUT2D eigenvalue weighted by molar-refractivity contribution is 7.89. The van der Waals surface area contributed by atoms with Crippen molar-refractivity contribution < 1.29 is 17.6 Å². The molecule has 0 aromatic heterocycles. The van der Waals surface area contributed by atoms with Gasteiger partial charge in [0.15, 0.2) is 0 Å². The van der Waals surface area contributed by atoms with Gasteiger partial charge in [-0.3, -0.25) is 4.79 Å². The Morgan fingerprint density at radius 3 is 2.72 bits per heavy atom. The molecule has 0 spiro atoms. The van der Waals surface area contributed by atoms with E-state index in [1.807, 2.05) is 0 Å². The number of nitrogens with one attached hydrogen (secondary N) is 2. The van der Waals surface area contributed by atoms with Crippen LogP contribution in [0.15, 0.2) is 23.1 Å². The van der Waals surface area contributed by atoms with Crippen molar-refractivity contribution in [3.63, 3.8) is 0 Å². The minimum atomic E-state index is -3.80. The van der Waals surface area contributed by atoms with Crippen molar-refractivity contribution in [3.05, 3.63) is 29.0 Å². The molecule has 1 unspecified atom stereocenters. The van der Waals surface area contributed by atoms with Crippen LogP contribution in [0.5, 0.6) is 0 Å². The molecule has 1 heterocycles. The third kappa shape index (κ3) is 2.80. The highest BCUT2D eigenvalue weighted by Crippen LogP contribution is 2.19. The summed E-state index contributed by atoms with van der Waals surface area (Å²) in [5.41, 5.74) is 0. The fourth-order valence-electron chi connectivity index (χ4n) is 1.62. The molecular formula is C10H10ClFN2O3S. The van der Waals surface area contributed by atoms with E-state index in [1.54, 1.807) is 0 Å². The SMILES string of the molecule is O=C1CC(NS(=O)(=O)c2ccc(F)c(Cl)c2)CN1. The molecule has 2 rings (SSSR count). The number of rotatable bonds is 3. The Balaban J connectivity index is 2.20. The third-order valence-electron chi connectivity index (χ3n) is 2.50. The fraction of sp³-hybridized carbons (Fsp3) is 0.300. The van der Waals surface area contributed by atoms with E-state index < -0.39 is 21.9 Å². The number of hydrogen-bond acceptors (Lipinski definition) is 3. The Hall–Kier alpha value is -1.18. The minimum absolute atomic E-state index is 0.0914. The lowest BCUT2D eigenvalue weighted by atomic mass is 10.3. The van der Waals surface area contributed by atoms with Crippen LogP contribution in [0.3, 0.4) is 0 Å². The number of amides is 1. The van der Waals surface area contributed by atoms with Crippen molar-refractivity contribution in [2.75, 3.05) is 6.54 Å². The lowest BCUT2D eigenvalue weighted by Gasteiger charge is -2.11. The molecule has 98 valence electrons. The summed E-state index contributed by atoms with van der Waals surface area (Å²) in [5.74, 6) is -0.895. The third-order valence-corrected chi connectivity index (χ3v) is 4.31. The van der Waals surface area contributed by atoms with Gasteiger partial charge in [-0.05, 0) is 18.2 Å². The molecule has 8 heteroatoms. The first kappa shape index (κ1) is 13.3. The van der Waals surface area contributed by atoms with Gasteiger partial charge in [-0.2, -0.15) is 0 Å². The number of benzene rings is 1. The molecule has 18 heavy (non-hydrogen) atoms. The zero-order valence-corrected chi connectivity index (χ0v) is 10.7. The Morgan fingerprint density at radius 1 is 1.44 bits per heavy atom. The maximum Gasteiger partial charge on any atom is 0.240 e. The molecule has 0 bridgehead atoms. The van der Waals surface area contributed by atoms with Crippen molar-refractivity contribution in [2.45, 2.75) is 17.4 Å². The topological polar surface area (TPSA) is 75.3 Å². The van der Waals surface area contributed by atoms with E-state index in [0.29, 0.717) is 0 Å². The van der Waals surface area contributed by atoms with Crippen LogP contribution in [-0.2, 0) is 14.8 Å². The molecule has 1 aliphatic heterocycles. The summed E-state index contributed by atoms with van der Waals surface area (Å²) in [6, 6.07) is 2.64. The van der Waals surface area contributed by atoms with E-state index in [1.165, 1.54) is 0 Å². The number of carbonyl (C=O) groups excluding carboxylic acids is 1.